The molecule has 0 saturated carbocycles. The van der Waals surface area contributed by atoms with Crippen LogP contribution in [0, 0.1) is 6.92 Å². The molecule has 0 amide bonds. The number of alkyl halides is 3. The molecule has 0 unspecified atom stereocenters. The van der Waals surface area contributed by atoms with Crippen LogP contribution < -0.4 is 4.90 Å². The highest BCUT2D eigenvalue weighted by Gasteiger charge is 2.28. The van der Waals surface area contributed by atoms with Gasteiger partial charge in [0.2, 0.25) is 0 Å². The van der Waals surface area contributed by atoms with Crippen molar-refractivity contribution in [3.05, 3.63) is 23.4 Å². The van der Waals surface area contributed by atoms with Crippen LogP contribution in [-0.2, 0) is 0 Å². The lowest BCUT2D eigenvalue weighted by Crippen LogP contribution is -2.26. The molecule has 7 heteroatoms. The Hall–Kier alpha value is -1.79. The zero-order valence-corrected chi connectivity index (χ0v) is 9.95. The summed E-state index contributed by atoms with van der Waals surface area (Å²) in [6, 6.07) is 2.84. The first kappa shape index (κ1) is 14.3. The molecule has 0 aromatic carbocycles. The number of nitrogens with zero attached hydrogens (tertiary/aromatic N) is 2. The third kappa shape index (κ3) is 3.90. The summed E-state index contributed by atoms with van der Waals surface area (Å²) in [7, 11) is 1.39. The zero-order chi connectivity index (χ0) is 13.9. The molecule has 0 aliphatic heterocycles. The molecule has 0 fully saturated rings. The van der Waals surface area contributed by atoms with E-state index in [2.05, 4.69) is 4.98 Å². The van der Waals surface area contributed by atoms with Crippen LogP contribution in [0.4, 0.5) is 19.0 Å². The van der Waals surface area contributed by atoms with Gasteiger partial charge in [-0.3, -0.25) is 0 Å². The van der Waals surface area contributed by atoms with E-state index in [9.17, 15) is 18.0 Å². The lowest BCUT2D eigenvalue weighted by atomic mass is 10.2. The molecule has 18 heavy (non-hydrogen) atoms. The van der Waals surface area contributed by atoms with Gasteiger partial charge in [-0.1, -0.05) is 0 Å². The molecule has 0 atom stereocenters. The Labute approximate surface area is 102 Å². The Bertz CT molecular complexity index is 446. The third-order valence-corrected chi connectivity index (χ3v) is 2.34. The van der Waals surface area contributed by atoms with Gasteiger partial charge in [-0.15, -0.1) is 0 Å². The average Bonchev–Trinajstić information content (AvgIpc) is 2.24. The highest BCUT2D eigenvalue weighted by atomic mass is 19.4. The molecule has 0 bridgehead atoms. The fourth-order valence-electron chi connectivity index (χ4n) is 1.40. The van der Waals surface area contributed by atoms with Crippen LogP contribution in [-0.4, -0.2) is 35.8 Å². The summed E-state index contributed by atoms with van der Waals surface area (Å²) in [5.41, 5.74) is 0.444. The fourth-order valence-corrected chi connectivity index (χ4v) is 1.40. The fraction of sp³-hybridized carbons (Fsp3) is 0.455. The molecule has 0 saturated heterocycles. The van der Waals surface area contributed by atoms with E-state index in [1.165, 1.54) is 24.1 Å². The summed E-state index contributed by atoms with van der Waals surface area (Å²) >= 11 is 0. The highest BCUT2D eigenvalue weighted by molar-refractivity contribution is 5.93. The van der Waals surface area contributed by atoms with Gasteiger partial charge in [0.05, 0.1) is 6.42 Å². The predicted molar refractivity (Wildman–Crippen MR) is 59.9 cm³/mol. The average molecular weight is 262 g/mol. The largest absolute Gasteiger partial charge is 0.478 e. The SMILES string of the molecule is Cc1ccc(C(=O)O)c(N(C)CCC(F)(F)F)n1. The van der Waals surface area contributed by atoms with Crippen LogP contribution >= 0.6 is 0 Å². The number of carboxylic acid groups (broad SMARTS) is 1. The van der Waals surface area contributed by atoms with Gasteiger partial charge in [0.15, 0.2) is 0 Å². The molecule has 4 nitrogen and oxygen atoms in total. The minimum atomic E-state index is -4.28. The first-order valence-electron chi connectivity index (χ1n) is 5.19. The normalized spacial score (nSPS) is 11.4. The van der Waals surface area contributed by atoms with Crippen LogP contribution in [0.5, 0.6) is 0 Å². The maximum atomic E-state index is 12.1. The number of halogens is 3. The van der Waals surface area contributed by atoms with Crippen molar-refractivity contribution >= 4 is 11.8 Å². The van der Waals surface area contributed by atoms with Crippen LogP contribution in [0.15, 0.2) is 12.1 Å². The summed E-state index contributed by atoms with van der Waals surface area (Å²) in [6.45, 7) is 1.31. The van der Waals surface area contributed by atoms with Crippen molar-refractivity contribution in [3.8, 4) is 0 Å². The zero-order valence-electron chi connectivity index (χ0n) is 9.95. The second-order valence-electron chi connectivity index (χ2n) is 3.92. The summed E-state index contributed by atoms with van der Waals surface area (Å²) in [5.74, 6) is -1.16. The van der Waals surface area contributed by atoms with Crippen LogP contribution in [0.1, 0.15) is 22.5 Å². The van der Waals surface area contributed by atoms with Crippen LogP contribution in [0.2, 0.25) is 0 Å². The number of anilines is 1. The van der Waals surface area contributed by atoms with E-state index in [4.69, 9.17) is 5.11 Å². The Morgan fingerprint density at radius 1 is 1.44 bits per heavy atom. The van der Waals surface area contributed by atoms with E-state index in [1.807, 2.05) is 0 Å². The van der Waals surface area contributed by atoms with Crippen molar-refractivity contribution in [2.75, 3.05) is 18.5 Å². The van der Waals surface area contributed by atoms with E-state index in [1.54, 1.807) is 6.92 Å². The number of pyridine rings is 1. The lowest BCUT2D eigenvalue weighted by molar-refractivity contribution is -0.132. The number of carboxylic acids is 1. The quantitative estimate of drug-likeness (QED) is 0.905. The van der Waals surface area contributed by atoms with E-state index < -0.39 is 18.6 Å². The Morgan fingerprint density at radius 3 is 2.56 bits per heavy atom. The Morgan fingerprint density at radius 2 is 2.06 bits per heavy atom. The van der Waals surface area contributed by atoms with Crippen molar-refractivity contribution in [1.29, 1.82) is 0 Å². The van der Waals surface area contributed by atoms with Gasteiger partial charge in [-0.05, 0) is 19.1 Å². The summed E-state index contributed by atoms with van der Waals surface area (Å²) in [5, 5.41) is 8.94. The summed E-state index contributed by atoms with van der Waals surface area (Å²) < 4.78 is 36.3. The molecule has 0 aliphatic carbocycles. The molecule has 100 valence electrons. The van der Waals surface area contributed by atoms with Gasteiger partial charge in [0.25, 0.3) is 0 Å². The van der Waals surface area contributed by atoms with Gasteiger partial charge >= 0.3 is 12.1 Å². The molecular formula is C11H13F3N2O2. The number of aromatic nitrogens is 1. The van der Waals surface area contributed by atoms with E-state index in [0.29, 0.717) is 5.69 Å². The third-order valence-electron chi connectivity index (χ3n) is 2.34. The van der Waals surface area contributed by atoms with Gasteiger partial charge in [-0.2, -0.15) is 13.2 Å². The maximum Gasteiger partial charge on any atom is 0.390 e. The summed E-state index contributed by atoms with van der Waals surface area (Å²) in [4.78, 5) is 16.1. The van der Waals surface area contributed by atoms with Gasteiger partial charge in [0.1, 0.15) is 11.4 Å². The minimum absolute atomic E-state index is 0.0479. The maximum absolute atomic E-state index is 12.1. The smallest absolute Gasteiger partial charge is 0.390 e. The highest BCUT2D eigenvalue weighted by Crippen LogP contribution is 2.23. The van der Waals surface area contributed by atoms with E-state index >= 15 is 0 Å². The van der Waals surface area contributed by atoms with E-state index in [0.717, 1.165) is 0 Å². The van der Waals surface area contributed by atoms with Gasteiger partial charge < -0.3 is 10.0 Å². The summed E-state index contributed by atoms with van der Waals surface area (Å²) in [6.07, 6.45) is -5.29. The molecule has 0 radical (unpaired) electrons. The number of rotatable bonds is 4. The van der Waals surface area contributed by atoms with Crippen molar-refractivity contribution in [3.63, 3.8) is 0 Å². The molecule has 1 N–H and O–H groups in total. The molecule has 1 rings (SSSR count). The van der Waals surface area contributed by atoms with Gasteiger partial charge in [0, 0.05) is 19.3 Å². The van der Waals surface area contributed by atoms with Crippen LogP contribution in [0.25, 0.3) is 0 Å². The van der Waals surface area contributed by atoms with E-state index in [-0.39, 0.29) is 17.9 Å². The lowest BCUT2D eigenvalue weighted by Gasteiger charge is -2.21. The number of hydrogen-bond donors (Lipinski definition) is 1. The topological polar surface area (TPSA) is 53.4 Å². The minimum Gasteiger partial charge on any atom is -0.478 e. The number of aromatic carboxylic acids is 1. The first-order valence-corrected chi connectivity index (χ1v) is 5.19. The second-order valence-corrected chi connectivity index (χ2v) is 3.92. The molecule has 1 heterocycles. The van der Waals surface area contributed by atoms with Crippen molar-refractivity contribution < 1.29 is 23.1 Å². The number of carbonyl (C=O) groups is 1. The standard InChI is InChI=1S/C11H13F3N2O2/c1-7-3-4-8(10(17)18)9(15-7)16(2)6-5-11(12,13)14/h3-4H,5-6H2,1-2H3,(H,17,18). The molecule has 1 aromatic rings. The predicted octanol–water partition coefficient (Wildman–Crippen LogP) is 2.48. The van der Waals surface area contributed by atoms with Crippen LogP contribution in [0.3, 0.4) is 0 Å². The van der Waals surface area contributed by atoms with Crippen molar-refractivity contribution in [1.82, 2.24) is 4.98 Å². The van der Waals surface area contributed by atoms with Crippen molar-refractivity contribution in [2.45, 2.75) is 19.5 Å². The Balaban J connectivity index is 2.93. The monoisotopic (exact) mass is 262 g/mol. The molecule has 0 aliphatic rings. The van der Waals surface area contributed by atoms with Gasteiger partial charge in [-0.25, -0.2) is 9.78 Å². The van der Waals surface area contributed by atoms with Crippen molar-refractivity contribution in [2.24, 2.45) is 0 Å². The first-order chi connectivity index (χ1) is 8.20. The number of hydrogen-bond acceptors (Lipinski definition) is 3. The molecule has 0 spiro atoms. The second kappa shape index (κ2) is 5.24. The molecular weight excluding hydrogens is 249 g/mol. The molecule has 1 aromatic heterocycles. The Kier molecular flexibility index (Phi) is 4.15. The number of aryl methyl sites for hydroxylation is 1.